The first-order valence-corrected chi connectivity index (χ1v) is 25.0. The third kappa shape index (κ3) is 15.2. The van der Waals surface area contributed by atoms with E-state index < -0.39 is 5.60 Å². The first-order valence-electron chi connectivity index (χ1n) is 24.2. The summed E-state index contributed by atoms with van der Waals surface area (Å²) in [6, 6.07) is 26.6. The fourth-order valence-electron chi connectivity index (χ4n) is 8.08. The van der Waals surface area contributed by atoms with Crippen molar-refractivity contribution in [2.45, 2.75) is 107 Å². The summed E-state index contributed by atoms with van der Waals surface area (Å²) in [7, 11) is 0. The Bertz CT molecular complexity index is 2870. The minimum absolute atomic E-state index is 0. The van der Waals surface area contributed by atoms with Gasteiger partial charge in [-0.2, -0.15) is 10.2 Å². The molecule has 8 rings (SSSR count). The van der Waals surface area contributed by atoms with Crippen LogP contribution in [0.25, 0.3) is 0 Å². The molecule has 17 heteroatoms. The summed E-state index contributed by atoms with van der Waals surface area (Å²) in [6.45, 7) is 22.8. The molecule has 72 heavy (non-hydrogen) atoms. The minimum Gasteiger partial charge on any atom is -0.493 e. The summed E-state index contributed by atoms with van der Waals surface area (Å²) < 4.78 is 21.0. The van der Waals surface area contributed by atoms with Crippen LogP contribution < -0.4 is 25.4 Å². The van der Waals surface area contributed by atoms with E-state index in [1.54, 1.807) is 26.4 Å². The zero-order valence-electron chi connectivity index (χ0n) is 42.7. The first kappa shape index (κ1) is 55.3. The predicted molar refractivity (Wildman–Crippen MR) is 287 cm³/mol. The summed E-state index contributed by atoms with van der Waals surface area (Å²) in [4.78, 5) is 40.1. The number of rotatable bonds is 14. The van der Waals surface area contributed by atoms with Gasteiger partial charge in [0, 0.05) is 63.6 Å². The molecule has 0 saturated heterocycles. The monoisotopic (exact) mass is 1040 g/mol. The van der Waals surface area contributed by atoms with Gasteiger partial charge in [-0.25, -0.2) is 4.79 Å². The molecule has 3 N–H and O–H groups in total. The van der Waals surface area contributed by atoms with E-state index in [0.717, 1.165) is 70.3 Å². The molecule has 0 bridgehead atoms. The number of carbonyl (C=O) groups is 3. The molecular weight excluding hydrogens is 975 g/mol. The van der Waals surface area contributed by atoms with Gasteiger partial charge in [0.2, 0.25) is 0 Å². The number of amides is 3. The number of nitrogens with zero attached hydrogens (tertiary/aromatic N) is 5. The number of carbonyl (C=O) groups excluding carboxylic acids is 3. The highest BCUT2D eigenvalue weighted by Gasteiger charge is 2.26. The molecule has 2 aromatic heterocycles. The molecule has 14 nitrogen and oxygen atoms in total. The molecular formula is C55H67Cl3N8O6. The van der Waals surface area contributed by atoms with Gasteiger partial charge in [0.15, 0.2) is 11.4 Å². The van der Waals surface area contributed by atoms with E-state index in [-0.39, 0.29) is 30.3 Å². The largest absolute Gasteiger partial charge is 0.493 e. The number of fused-ring (bicyclic) bond motifs is 2. The van der Waals surface area contributed by atoms with Crippen molar-refractivity contribution in [1.82, 2.24) is 29.8 Å². The summed E-state index contributed by atoms with van der Waals surface area (Å²) in [6.07, 6.45) is 1.34. The maximum Gasteiger partial charge on any atom is 0.410 e. The van der Waals surface area contributed by atoms with E-state index in [4.69, 9.17) is 37.4 Å². The standard InChI is InChI=1S/C30H37ClN4O4.C25H29ClN4O2.ClH/c1-19(2)18-38-27-10-8-24(31)14-23(27)17-35-20(3)13-26(33-35)28(36)32-25-9-7-22-16-34(12-11-21(22)15-25)29(37)39-30(4,5)6;1-16(2)15-32-24-7-5-21(26)11-20(24)14-30-17(3)10-23(29-30)25(31)28-22-6-4-19-13-27-9-8-18(19)12-22;/h7-10,13-15,19H,11-12,16-18H2,1-6H3,(H,32,36);4-7,10-12,16,27H,8-9,13-15H2,1-3H3,(H,28,31);1H. The molecule has 2 aliphatic rings. The Kier molecular flexibility index (Phi) is 18.9. The lowest BCUT2D eigenvalue weighted by Crippen LogP contribution is -2.39. The molecule has 0 radical (unpaired) electrons. The van der Waals surface area contributed by atoms with Crippen LogP contribution in [0.15, 0.2) is 84.9 Å². The number of aromatic nitrogens is 4. The Morgan fingerprint density at radius 1 is 0.667 bits per heavy atom. The number of anilines is 2. The molecule has 0 atom stereocenters. The van der Waals surface area contributed by atoms with Gasteiger partial charge >= 0.3 is 6.09 Å². The number of hydrogen-bond donors (Lipinski definition) is 3. The molecule has 384 valence electrons. The number of nitrogens with one attached hydrogen (secondary N) is 3. The van der Waals surface area contributed by atoms with Crippen molar-refractivity contribution in [1.29, 1.82) is 0 Å². The van der Waals surface area contributed by atoms with Gasteiger partial charge in [0.25, 0.3) is 11.8 Å². The maximum absolute atomic E-state index is 13.1. The first-order chi connectivity index (χ1) is 33.8. The van der Waals surface area contributed by atoms with Crippen molar-refractivity contribution in [3.8, 4) is 11.5 Å². The van der Waals surface area contributed by atoms with E-state index in [2.05, 4.69) is 66.0 Å². The summed E-state index contributed by atoms with van der Waals surface area (Å²) in [5.74, 6) is 1.84. The van der Waals surface area contributed by atoms with Crippen LogP contribution >= 0.6 is 35.6 Å². The normalized spacial score (nSPS) is 13.0. The molecule has 2 aliphatic heterocycles. The average molecular weight is 1040 g/mol. The molecule has 0 aliphatic carbocycles. The van der Waals surface area contributed by atoms with E-state index in [9.17, 15) is 14.4 Å². The van der Waals surface area contributed by atoms with Crippen molar-refractivity contribution >= 4 is 64.9 Å². The van der Waals surface area contributed by atoms with Gasteiger partial charge < -0.3 is 35.1 Å². The Balaban J connectivity index is 0.000000236. The highest BCUT2D eigenvalue weighted by Crippen LogP contribution is 2.29. The predicted octanol–water partition coefficient (Wildman–Crippen LogP) is 11.7. The third-order valence-electron chi connectivity index (χ3n) is 11.7. The van der Waals surface area contributed by atoms with E-state index in [1.807, 2.05) is 95.3 Å². The molecule has 4 aromatic carbocycles. The smallest absolute Gasteiger partial charge is 0.410 e. The highest BCUT2D eigenvalue weighted by atomic mass is 35.5. The van der Waals surface area contributed by atoms with Crippen LogP contribution in [0.2, 0.25) is 10.0 Å². The fraction of sp³-hybridized carbons (Fsp3) is 0.400. The molecule has 3 amide bonds. The number of ether oxygens (including phenoxy) is 3. The molecule has 6 aromatic rings. The zero-order valence-corrected chi connectivity index (χ0v) is 45.0. The van der Waals surface area contributed by atoms with Crippen molar-refractivity contribution in [3.05, 3.63) is 151 Å². The maximum atomic E-state index is 13.1. The zero-order chi connectivity index (χ0) is 51.0. The average Bonchev–Trinajstić information content (AvgIpc) is 3.88. The van der Waals surface area contributed by atoms with Crippen LogP contribution in [-0.4, -0.2) is 74.3 Å². The van der Waals surface area contributed by atoms with Gasteiger partial charge in [0.05, 0.1) is 26.3 Å². The Morgan fingerprint density at radius 3 is 1.64 bits per heavy atom. The second-order valence-corrected chi connectivity index (χ2v) is 20.9. The lowest BCUT2D eigenvalue weighted by Gasteiger charge is -2.31. The van der Waals surface area contributed by atoms with Crippen molar-refractivity contribution in [2.24, 2.45) is 11.8 Å². The number of benzene rings is 4. The van der Waals surface area contributed by atoms with Crippen molar-refractivity contribution in [2.75, 3.05) is 36.9 Å². The van der Waals surface area contributed by atoms with E-state index >= 15 is 0 Å². The van der Waals surface area contributed by atoms with Gasteiger partial charge in [-0.05, 0) is 161 Å². The Morgan fingerprint density at radius 2 is 1.15 bits per heavy atom. The van der Waals surface area contributed by atoms with Gasteiger partial charge in [-0.1, -0.05) is 63.0 Å². The highest BCUT2D eigenvalue weighted by molar-refractivity contribution is 6.31. The molecule has 4 heterocycles. The summed E-state index contributed by atoms with van der Waals surface area (Å²) in [5, 5.41) is 19.7. The van der Waals surface area contributed by atoms with Gasteiger partial charge in [-0.3, -0.25) is 19.0 Å². The van der Waals surface area contributed by atoms with Crippen molar-refractivity contribution < 1.29 is 28.6 Å². The Labute approximate surface area is 439 Å². The SMILES string of the molecule is Cc1cc(C(=O)Nc2ccc3c(c2)CCN(C(=O)OC(C)(C)C)C3)nn1Cc1cc(Cl)ccc1OCC(C)C.Cc1cc(C(=O)Nc2ccc3c(c2)CCNC3)nn1Cc1cc(Cl)ccc1OCC(C)C.Cl. The lowest BCUT2D eigenvalue weighted by atomic mass is 9.99. The third-order valence-corrected chi connectivity index (χ3v) is 12.2. The molecule has 0 saturated carbocycles. The summed E-state index contributed by atoms with van der Waals surface area (Å²) >= 11 is 12.5. The Hall–Kier alpha value is -6.06. The quantitative estimate of drug-likeness (QED) is 0.0967. The van der Waals surface area contributed by atoms with Crippen LogP contribution in [0.3, 0.4) is 0 Å². The lowest BCUT2D eigenvalue weighted by molar-refractivity contribution is 0.0224. The fourth-order valence-corrected chi connectivity index (χ4v) is 8.47. The van der Waals surface area contributed by atoms with E-state index in [0.29, 0.717) is 84.8 Å². The summed E-state index contributed by atoms with van der Waals surface area (Å²) in [5.41, 5.74) is 9.94. The molecule has 0 unspecified atom stereocenters. The second-order valence-electron chi connectivity index (χ2n) is 20.0. The van der Waals surface area contributed by atoms with Crippen LogP contribution in [0.1, 0.15) is 114 Å². The minimum atomic E-state index is -0.533. The second kappa shape index (κ2) is 24.6. The van der Waals surface area contributed by atoms with Crippen molar-refractivity contribution in [3.63, 3.8) is 0 Å². The number of hydrogen-bond acceptors (Lipinski definition) is 9. The van der Waals surface area contributed by atoms with Crippen LogP contribution in [0.5, 0.6) is 11.5 Å². The number of aryl methyl sites for hydroxylation is 2. The molecule has 0 spiro atoms. The van der Waals surface area contributed by atoms with Gasteiger partial charge in [0.1, 0.15) is 17.1 Å². The van der Waals surface area contributed by atoms with Gasteiger partial charge in [-0.15, -0.1) is 12.4 Å². The van der Waals surface area contributed by atoms with E-state index in [1.165, 1.54) is 11.1 Å². The molecule has 0 fully saturated rings. The van der Waals surface area contributed by atoms with Crippen LogP contribution in [0.4, 0.5) is 16.2 Å². The number of halogens is 3. The van der Waals surface area contributed by atoms with Crippen LogP contribution in [-0.2, 0) is 43.8 Å². The van der Waals surface area contributed by atoms with Crippen LogP contribution in [0, 0.1) is 25.7 Å². The topological polar surface area (TPSA) is 154 Å².